The van der Waals surface area contributed by atoms with Crippen LogP contribution in [0, 0.1) is 24.3 Å². The van der Waals surface area contributed by atoms with Crippen LogP contribution in [0.2, 0.25) is 10.3 Å². The number of benzene rings is 1. The predicted octanol–water partition coefficient (Wildman–Crippen LogP) is 4.98. The standard InChI is InChI=1S/C13H11Cl2IN2/c1-6-4-8(3)9(5-7(6)2)13-17-11(14)10(16)12(15)18-13/h4-5H,1-3H3. The van der Waals surface area contributed by atoms with Gasteiger partial charge in [-0.3, -0.25) is 0 Å². The molecule has 0 aliphatic rings. The molecule has 94 valence electrons. The molecule has 0 atom stereocenters. The fourth-order valence-corrected chi connectivity index (χ4v) is 2.34. The molecule has 0 bridgehead atoms. The molecule has 0 saturated heterocycles. The van der Waals surface area contributed by atoms with Crippen LogP contribution in [0.1, 0.15) is 16.7 Å². The minimum absolute atomic E-state index is 0.392. The number of aromatic nitrogens is 2. The maximum atomic E-state index is 6.05. The van der Waals surface area contributed by atoms with Crippen LogP contribution >= 0.6 is 45.8 Å². The Balaban J connectivity index is 2.66. The average molecular weight is 393 g/mol. The molecule has 0 N–H and O–H groups in total. The van der Waals surface area contributed by atoms with Crippen LogP contribution in [0.5, 0.6) is 0 Å². The topological polar surface area (TPSA) is 25.8 Å². The van der Waals surface area contributed by atoms with Crippen molar-refractivity contribution in [3.8, 4) is 11.4 Å². The summed E-state index contributed by atoms with van der Waals surface area (Å²) in [5.41, 5.74) is 4.54. The highest BCUT2D eigenvalue weighted by molar-refractivity contribution is 14.1. The van der Waals surface area contributed by atoms with E-state index in [-0.39, 0.29) is 0 Å². The van der Waals surface area contributed by atoms with E-state index < -0.39 is 0 Å². The Bertz CT molecular complexity index is 604. The lowest BCUT2D eigenvalue weighted by Crippen LogP contribution is -1.97. The Labute approximate surface area is 130 Å². The first-order chi connectivity index (χ1) is 8.40. The lowest BCUT2D eigenvalue weighted by Gasteiger charge is -2.10. The normalized spacial score (nSPS) is 10.8. The van der Waals surface area contributed by atoms with Crippen LogP contribution in [-0.2, 0) is 0 Å². The largest absolute Gasteiger partial charge is 0.215 e. The first-order valence-corrected chi connectivity index (χ1v) is 7.20. The van der Waals surface area contributed by atoms with Gasteiger partial charge in [0.05, 0.1) is 3.57 Å². The molecule has 0 amide bonds. The maximum absolute atomic E-state index is 6.05. The molecule has 0 unspecified atom stereocenters. The van der Waals surface area contributed by atoms with E-state index in [0.717, 1.165) is 11.1 Å². The molecule has 0 aliphatic carbocycles. The Morgan fingerprint density at radius 2 is 1.39 bits per heavy atom. The summed E-state index contributed by atoms with van der Waals surface area (Å²) in [7, 11) is 0. The maximum Gasteiger partial charge on any atom is 0.162 e. The molecule has 5 heteroatoms. The van der Waals surface area contributed by atoms with Gasteiger partial charge in [-0.1, -0.05) is 29.3 Å². The quantitative estimate of drug-likeness (QED) is 0.505. The molecule has 0 radical (unpaired) electrons. The van der Waals surface area contributed by atoms with Gasteiger partial charge in [0, 0.05) is 5.56 Å². The van der Waals surface area contributed by atoms with Crippen molar-refractivity contribution in [2.75, 3.05) is 0 Å². The monoisotopic (exact) mass is 392 g/mol. The number of nitrogens with zero attached hydrogens (tertiary/aromatic N) is 2. The summed E-state index contributed by atoms with van der Waals surface area (Å²) in [6, 6.07) is 4.19. The van der Waals surface area contributed by atoms with Gasteiger partial charge < -0.3 is 0 Å². The van der Waals surface area contributed by atoms with Gasteiger partial charge in [0.25, 0.3) is 0 Å². The molecule has 0 saturated carbocycles. The zero-order valence-corrected chi connectivity index (χ0v) is 13.9. The van der Waals surface area contributed by atoms with Gasteiger partial charge in [0.1, 0.15) is 10.3 Å². The van der Waals surface area contributed by atoms with E-state index >= 15 is 0 Å². The Kier molecular flexibility index (Phi) is 4.14. The van der Waals surface area contributed by atoms with Crippen molar-refractivity contribution in [2.45, 2.75) is 20.8 Å². The molecule has 2 rings (SSSR count). The smallest absolute Gasteiger partial charge is 0.162 e. The van der Waals surface area contributed by atoms with Crippen molar-refractivity contribution in [1.29, 1.82) is 0 Å². The van der Waals surface area contributed by atoms with Crippen LogP contribution in [0.3, 0.4) is 0 Å². The van der Waals surface area contributed by atoms with E-state index in [0.29, 0.717) is 19.7 Å². The van der Waals surface area contributed by atoms with E-state index in [4.69, 9.17) is 23.2 Å². The highest BCUT2D eigenvalue weighted by Crippen LogP contribution is 2.29. The van der Waals surface area contributed by atoms with Crippen molar-refractivity contribution in [3.63, 3.8) is 0 Å². The summed E-state index contributed by atoms with van der Waals surface area (Å²) in [5.74, 6) is 0.575. The molecular weight excluding hydrogens is 382 g/mol. The number of aryl methyl sites for hydroxylation is 3. The van der Waals surface area contributed by atoms with Crippen LogP contribution in [0.25, 0.3) is 11.4 Å². The predicted molar refractivity (Wildman–Crippen MR) is 84.4 cm³/mol. The minimum Gasteiger partial charge on any atom is -0.215 e. The molecule has 2 nitrogen and oxygen atoms in total. The van der Waals surface area contributed by atoms with E-state index in [1.807, 2.05) is 29.5 Å². The van der Waals surface area contributed by atoms with E-state index in [2.05, 4.69) is 35.9 Å². The average Bonchev–Trinajstić information content (AvgIpc) is 2.30. The van der Waals surface area contributed by atoms with Crippen molar-refractivity contribution >= 4 is 45.8 Å². The van der Waals surface area contributed by atoms with Crippen molar-refractivity contribution in [2.24, 2.45) is 0 Å². The zero-order valence-electron chi connectivity index (χ0n) is 10.2. The Morgan fingerprint density at radius 1 is 0.889 bits per heavy atom. The Morgan fingerprint density at radius 3 is 1.94 bits per heavy atom. The molecule has 0 aliphatic heterocycles. The number of hydrogen-bond acceptors (Lipinski definition) is 2. The minimum atomic E-state index is 0.392. The second-order valence-corrected chi connectivity index (χ2v) is 5.99. The Hall–Kier alpha value is -0.390. The highest BCUT2D eigenvalue weighted by Gasteiger charge is 2.13. The summed E-state index contributed by atoms with van der Waals surface area (Å²) < 4.78 is 0.682. The van der Waals surface area contributed by atoms with Crippen LogP contribution < -0.4 is 0 Å². The van der Waals surface area contributed by atoms with Crippen LogP contribution in [0.15, 0.2) is 12.1 Å². The highest BCUT2D eigenvalue weighted by atomic mass is 127. The molecule has 1 aromatic carbocycles. The molecule has 0 fully saturated rings. The first kappa shape index (κ1) is 14.0. The summed E-state index contributed by atoms with van der Waals surface area (Å²) >= 11 is 14.1. The number of rotatable bonds is 1. The van der Waals surface area contributed by atoms with Crippen molar-refractivity contribution in [1.82, 2.24) is 9.97 Å². The van der Waals surface area contributed by atoms with Crippen LogP contribution in [0.4, 0.5) is 0 Å². The second kappa shape index (κ2) is 5.31. The molecule has 2 aromatic rings. The van der Waals surface area contributed by atoms with Crippen molar-refractivity contribution < 1.29 is 0 Å². The molecule has 1 heterocycles. The summed E-state index contributed by atoms with van der Waals surface area (Å²) in [4.78, 5) is 8.60. The summed E-state index contributed by atoms with van der Waals surface area (Å²) in [5, 5.41) is 0.784. The molecular formula is C13H11Cl2IN2. The van der Waals surface area contributed by atoms with Gasteiger partial charge in [0.2, 0.25) is 0 Å². The zero-order chi connectivity index (χ0) is 13.4. The van der Waals surface area contributed by atoms with Gasteiger partial charge in [0.15, 0.2) is 5.82 Å². The number of halogens is 3. The van der Waals surface area contributed by atoms with Gasteiger partial charge in [-0.2, -0.15) is 0 Å². The van der Waals surface area contributed by atoms with E-state index in [1.54, 1.807) is 0 Å². The second-order valence-electron chi connectivity index (χ2n) is 4.19. The fraction of sp³-hybridized carbons (Fsp3) is 0.231. The lowest BCUT2D eigenvalue weighted by molar-refractivity contribution is 1.14. The lowest BCUT2D eigenvalue weighted by atomic mass is 10.0. The van der Waals surface area contributed by atoms with Gasteiger partial charge in [-0.05, 0) is 66.1 Å². The van der Waals surface area contributed by atoms with Gasteiger partial charge >= 0.3 is 0 Å². The van der Waals surface area contributed by atoms with Crippen LogP contribution in [-0.4, -0.2) is 9.97 Å². The number of hydrogen-bond donors (Lipinski definition) is 0. The van der Waals surface area contributed by atoms with Gasteiger partial charge in [-0.15, -0.1) is 0 Å². The molecule has 0 spiro atoms. The van der Waals surface area contributed by atoms with Crippen molar-refractivity contribution in [3.05, 3.63) is 42.7 Å². The SMILES string of the molecule is Cc1cc(C)c(-c2nc(Cl)c(I)c(Cl)n2)cc1C. The third-order valence-corrected chi connectivity index (χ3v) is 5.06. The fourth-order valence-electron chi connectivity index (χ4n) is 1.72. The van der Waals surface area contributed by atoms with E-state index in [1.165, 1.54) is 11.1 Å². The third-order valence-electron chi connectivity index (χ3n) is 2.85. The first-order valence-electron chi connectivity index (χ1n) is 5.37. The van der Waals surface area contributed by atoms with Gasteiger partial charge in [-0.25, -0.2) is 9.97 Å². The molecule has 18 heavy (non-hydrogen) atoms. The van der Waals surface area contributed by atoms with E-state index in [9.17, 15) is 0 Å². The summed E-state index contributed by atoms with van der Waals surface area (Å²) in [6.45, 7) is 6.18. The summed E-state index contributed by atoms with van der Waals surface area (Å²) in [6.07, 6.45) is 0. The molecule has 1 aromatic heterocycles. The third kappa shape index (κ3) is 2.63.